The molecular weight excluding hydrogens is 238 g/mol. The van der Waals surface area contributed by atoms with Crippen molar-refractivity contribution in [2.45, 2.75) is 10.6 Å². The number of nitrogens with one attached hydrogen (secondary N) is 2. The lowest BCUT2D eigenvalue weighted by Crippen LogP contribution is -2.56. The number of hydrogen-bond donors (Lipinski definition) is 5. The minimum Gasteiger partial charge on any atom is -0.394 e. The van der Waals surface area contributed by atoms with E-state index in [1.807, 2.05) is 4.72 Å². The normalized spacial score (nSPS) is 12.9. The molecule has 0 spiro atoms. The minimum absolute atomic E-state index is 0.216. The number of aromatic nitrogens is 2. The molecule has 0 bridgehead atoms. The van der Waals surface area contributed by atoms with E-state index in [1.165, 1.54) is 12.3 Å². The molecule has 9 heteroatoms. The van der Waals surface area contributed by atoms with Crippen molar-refractivity contribution in [3.05, 3.63) is 12.3 Å². The van der Waals surface area contributed by atoms with Gasteiger partial charge < -0.3 is 15.3 Å². The van der Waals surface area contributed by atoms with Crippen molar-refractivity contribution in [2.75, 3.05) is 19.8 Å². The van der Waals surface area contributed by atoms with Gasteiger partial charge in [0.05, 0.1) is 26.0 Å². The lowest BCUT2D eigenvalue weighted by molar-refractivity contribution is 0.0581. The monoisotopic (exact) mass is 251 g/mol. The third kappa shape index (κ3) is 2.57. The molecule has 0 aliphatic carbocycles. The highest BCUT2D eigenvalue weighted by atomic mass is 32.2. The summed E-state index contributed by atoms with van der Waals surface area (Å²) in [4.78, 5) is 0. The van der Waals surface area contributed by atoms with Gasteiger partial charge >= 0.3 is 0 Å². The van der Waals surface area contributed by atoms with E-state index in [-0.39, 0.29) is 5.03 Å². The SMILES string of the molecule is O=S(=O)(NC(CO)(CO)CO)c1ccn[nH]1. The first kappa shape index (κ1) is 13.1. The molecule has 0 aromatic carbocycles. The molecule has 0 saturated heterocycles. The lowest BCUT2D eigenvalue weighted by atomic mass is 10.1. The maximum absolute atomic E-state index is 11.7. The molecule has 0 atom stereocenters. The molecule has 0 radical (unpaired) electrons. The molecule has 1 rings (SSSR count). The maximum atomic E-state index is 11.7. The van der Waals surface area contributed by atoms with Gasteiger partial charge in [-0.2, -0.15) is 9.82 Å². The van der Waals surface area contributed by atoms with Crippen molar-refractivity contribution in [1.29, 1.82) is 0 Å². The molecule has 0 unspecified atom stereocenters. The third-order valence-electron chi connectivity index (χ3n) is 2.02. The van der Waals surface area contributed by atoms with Gasteiger partial charge in [0, 0.05) is 0 Å². The Morgan fingerprint density at radius 2 is 1.88 bits per heavy atom. The van der Waals surface area contributed by atoms with Crippen LogP contribution < -0.4 is 4.72 Å². The van der Waals surface area contributed by atoms with Crippen LogP contribution in [0.1, 0.15) is 0 Å². The first-order valence-corrected chi connectivity index (χ1v) is 5.84. The van der Waals surface area contributed by atoms with E-state index in [0.717, 1.165) is 0 Å². The van der Waals surface area contributed by atoms with Gasteiger partial charge in [-0.15, -0.1) is 0 Å². The summed E-state index contributed by atoms with van der Waals surface area (Å²) in [6.07, 6.45) is 1.24. The molecule has 1 aromatic rings. The van der Waals surface area contributed by atoms with Crippen molar-refractivity contribution in [1.82, 2.24) is 14.9 Å². The Bertz CT molecular complexity index is 403. The van der Waals surface area contributed by atoms with Crippen LogP contribution in [-0.2, 0) is 10.0 Å². The van der Waals surface area contributed by atoms with E-state index in [0.29, 0.717) is 0 Å². The average molecular weight is 251 g/mol. The summed E-state index contributed by atoms with van der Waals surface area (Å²) in [5.74, 6) is 0. The summed E-state index contributed by atoms with van der Waals surface area (Å²) >= 11 is 0. The van der Waals surface area contributed by atoms with Gasteiger partial charge in [-0.3, -0.25) is 5.10 Å². The van der Waals surface area contributed by atoms with Gasteiger partial charge in [0.15, 0.2) is 5.03 Å². The van der Waals surface area contributed by atoms with Gasteiger partial charge in [-0.05, 0) is 6.07 Å². The fraction of sp³-hybridized carbons (Fsp3) is 0.571. The second kappa shape index (κ2) is 4.89. The highest BCUT2D eigenvalue weighted by Gasteiger charge is 2.34. The molecule has 0 amide bonds. The van der Waals surface area contributed by atoms with Crippen molar-refractivity contribution in [3.8, 4) is 0 Å². The van der Waals surface area contributed by atoms with Crippen molar-refractivity contribution in [2.24, 2.45) is 0 Å². The molecule has 0 fully saturated rings. The summed E-state index contributed by atoms with van der Waals surface area (Å²) in [7, 11) is -3.96. The van der Waals surface area contributed by atoms with E-state index >= 15 is 0 Å². The number of hydrogen-bond acceptors (Lipinski definition) is 6. The maximum Gasteiger partial charge on any atom is 0.258 e. The van der Waals surface area contributed by atoms with Crippen LogP contribution in [0.5, 0.6) is 0 Å². The summed E-state index contributed by atoms with van der Waals surface area (Å²) in [5, 5.41) is 32.4. The average Bonchev–Trinajstić information content (AvgIpc) is 2.80. The zero-order valence-electron chi connectivity index (χ0n) is 8.29. The van der Waals surface area contributed by atoms with Gasteiger partial charge in [0.1, 0.15) is 5.54 Å². The second-order valence-electron chi connectivity index (χ2n) is 3.28. The molecular formula is C7H13N3O5S. The van der Waals surface area contributed by atoms with Gasteiger partial charge in [-0.1, -0.05) is 0 Å². The van der Waals surface area contributed by atoms with Crippen LogP contribution in [0, 0.1) is 0 Å². The number of aliphatic hydroxyl groups is 3. The molecule has 1 heterocycles. The Balaban J connectivity index is 2.96. The molecule has 5 N–H and O–H groups in total. The lowest BCUT2D eigenvalue weighted by Gasteiger charge is -2.27. The zero-order valence-corrected chi connectivity index (χ0v) is 9.11. The van der Waals surface area contributed by atoms with Crippen LogP contribution >= 0.6 is 0 Å². The van der Waals surface area contributed by atoms with Crippen LogP contribution in [0.3, 0.4) is 0 Å². The molecule has 8 nitrogen and oxygen atoms in total. The number of nitrogens with zero attached hydrogens (tertiary/aromatic N) is 1. The number of H-pyrrole nitrogens is 1. The first-order chi connectivity index (χ1) is 7.49. The van der Waals surface area contributed by atoms with E-state index in [2.05, 4.69) is 10.2 Å². The van der Waals surface area contributed by atoms with Crippen molar-refractivity contribution >= 4 is 10.0 Å². The summed E-state index contributed by atoms with van der Waals surface area (Å²) in [6, 6.07) is 1.21. The minimum atomic E-state index is -3.96. The molecule has 1 aromatic heterocycles. The summed E-state index contributed by atoms with van der Waals surface area (Å²) < 4.78 is 25.3. The predicted molar refractivity (Wildman–Crippen MR) is 52.9 cm³/mol. The number of aliphatic hydroxyl groups excluding tert-OH is 3. The fourth-order valence-electron chi connectivity index (χ4n) is 0.980. The molecule has 0 saturated carbocycles. The summed E-state index contributed by atoms with van der Waals surface area (Å²) in [5.41, 5.74) is -1.69. The molecule has 16 heavy (non-hydrogen) atoms. The Morgan fingerprint density at radius 1 is 1.31 bits per heavy atom. The smallest absolute Gasteiger partial charge is 0.258 e. The van der Waals surface area contributed by atoms with E-state index < -0.39 is 35.4 Å². The highest BCUT2D eigenvalue weighted by molar-refractivity contribution is 7.89. The number of sulfonamides is 1. The Labute approximate surface area is 92.0 Å². The predicted octanol–water partition coefficient (Wildman–Crippen LogP) is -2.60. The quantitative estimate of drug-likeness (QED) is 0.376. The van der Waals surface area contributed by atoms with Gasteiger partial charge in [-0.25, -0.2) is 8.42 Å². The third-order valence-corrected chi connectivity index (χ3v) is 3.53. The van der Waals surface area contributed by atoms with Crippen LogP contribution in [0.4, 0.5) is 0 Å². The van der Waals surface area contributed by atoms with Crippen LogP contribution in [0.15, 0.2) is 17.3 Å². The number of aromatic amines is 1. The van der Waals surface area contributed by atoms with Gasteiger partial charge in [0.25, 0.3) is 10.0 Å². The molecule has 0 aliphatic rings. The van der Waals surface area contributed by atoms with Crippen LogP contribution in [0.25, 0.3) is 0 Å². The van der Waals surface area contributed by atoms with E-state index in [4.69, 9.17) is 15.3 Å². The van der Waals surface area contributed by atoms with Crippen LogP contribution in [-0.4, -0.2) is 59.3 Å². The highest BCUT2D eigenvalue weighted by Crippen LogP contribution is 2.10. The van der Waals surface area contributed by atoms with E-state index in [9.17, 15) is 8.42 Å². The summed E-state index contributed by atoms with van der Waals surface area (Å²) in [6.45, 7) is -2.19. The number of rotatable bonds is 6. The topological polar surface area (TPSA) is 136 Å². The fourth-order valence-corrected chi connectivity index (χ4v) is 2.27. The van der Waals surface area contributed by atoms with Gasteiger partial charge in [0.2, 0.25) is 0 Å². The largest absolute Gasteiger partial charge is 0.394 e. The Kier molecular flexibility index (Phi) is 3.99. The second-order valence-corrected chi connectivity index (χ2v) is 4.93. The molecule has 0 aliphatic heterocycles. The van der Waals surface area contributed by atoms with E-state index in [1.54, 1.807) is 0 Å². The van der Waals surface area contributed by atoms with Crippen molar-refractivity contribution in [3.63, 3.8) is 0 Å². The van der Waals surface area contributed by atoms with Crippen molar-refractivity contribution < 1.29 is 23.7 Å². The molecule has 92 valence electrons. The zero-order chi connectivity index (χ0) is 12.2. The first-order valence-electron chi connectivity index (χ1n) is 4.35. The van der Waals surface area contributed by atoms with Crippen LogP contribution in [0.2, 0.25) is 0 Å². The standard InChI is InChI=1S/C7H13N3O5S/c11-3-7(4-12,5-13)10-16(14,15)6-1-2-8-9-6/h1-2,10-13H,3-5H2,(H,8,9). The Morgan fingerprint density at radius 3 is 2.25 bits per heavy atom. The Hall–Kier alpha value is -1.00.